The first-order valence-electron chi connectivity index (χ1n) is 5.60. The van der Waals surface area contributed by atoms with Gasteiger partial charge in [-0.2, -0.15) is 5.26 Å². The number of rotatable bonds is 1. The molecule has 0 bridgehead atoms. The summed E-state index contributed by atoms with van der Waals surface area (Å²) in [5.74, 6) is -0.316. The molecule has 0 aliphatic carbocycles. The van der Waals surface area contributed by atoms with Gasteiger partial charge in [-0.15, -0.1) is 0 Å². The van der Waals surface area contributed by atoms with E-state index < -0.39 is 0 Å². The molecule has 1 aromatic heterocycles. The van der Waals surface area contributed by atoms with E-state index in [0.717, 1.165) is 11.2 Å². The number of nitriles is 1. The van der Waals surface area contributed by atoms with E-state index in [-0.39, 0.29) is 5.82 Å². The first-order valence-corrected chi connectivity index (χ1v) is 6.01. The highest BCUT2D eigenvalue weighted by Crippen LogP contribution is 2.20. The Kier molecular flexibility index (Phi) is 2.65. The van der Waals surface area contributed by atoms with Crippen molar-refractivity contribution in [2.45, 2.75) is 0 Å². The number of nitrogens with zero attached hydrogens (tertiary/aromatic N) is 2. The van der Waals surface area contributed by atoms with Crippen molar-refractivity contribution >= 4 is 23.3 Å². The van der Waals surface area contributed by atoms with Crippen LogP contribution in [-0.2, 0) is 0 Å². The molecule has 3 nitrogen and oxygen atoms in total. The summed E-state index contributed by atoms with van der Waals surface area (Å²) in [6, 6.07) is 13.5. The summed E-state index contributed by atoms with van der Waals surface area (Å²) in [4.78, 5) is 3.03. The molecule has 0 unspecified atom stereocenters. The summed E-state index contributed by atoms with van der Waals surface area (Å²) in [6.07, 6.45) is 0. The third kappa shape index (κ3) is 1.92. The molecule has 0 saturated heterocycles. The van der Waals surface area contributed by atoms with Gasteiger partial charge in [0.05, 0.1) is 22.7 Å². The van der Waals surface area contributed by atoms with Crippen molar-refractivity contribution in [3.63, 3.8) is 0 Å². The summed E-state index contributed by atoms with van der Waals surface area (Å²) >= 11 is 5.26. The zero-order valence-corrected chi connectivity index (χ0v) is 10.5. The zero-order valence-electron chi connectivity index (χ0n) is 9.72. The molecule has 3 rings (SSSR count). The van der Waals surface area contributed by atoms with Gasteiger partial charge in [-0.25, -0.2) is 4.39 Å². The van der Waals surface area contributed by atoms with Gasteiger partial charge in [0.25, 0.3) is 0 Å². The number of hydrogen-bond donors (Lipinski definition) is 1. The Morgan fingerprint density at radius 3 is 2.58 bits per heavy atom. The average molecular weight is 269 g/mol. The molecular formula is C14H8FN3S. The molecular weight excluding hydrogens is 261 g/mol. The van der Waals surface area contributed by atoms with E-state index in [0.29, 0.717) is 15.9 Å². The maximum absolute atomic E-state index is 13.4. The highest BCUT2D eigenvalue weighted by Gasteiger charge is 2.07. The van der Waals surface area contributed by atoms with Gasteiger partial charge in [0, 0.05) is 11.8 Å². The standard InChI is InChI=1S/C14H8FN3S/c15-10-3-6-12-13(7-10)18(14(19)17-12)11-4-1-9(8-16)2-5-11/h1-7H,(H,17,19). The summed E-state index contributed by atoms with van der Waals surface area (Å²) in [7, 11) is 0. The van der Waals surface area contributed by atoms with E-state index in [2.05, 4.69) is 11.1 Å². The molecule has 5 heteroatoms. The van der Waals surface area contributed by atoms with Gasteiger partial charge in [0.1, 0.15) is 5.82 Å². The zero-order chi connectivity index (χ0) is 13.4. The van der Waals surface area contributed by atoms with Crippen LogP contribution in [0.2, 0.25) is 0 Å². The Hall–Kier alpha value is -2.45. The Bertz CT molecular complexity index is 853. The Morgan fingerprint density at radius 2 is 1.89 bits per heavy atom. The quantitative estimate of drug-likeness (QED) is 0.685. The fourth-order valence-electron chi connectivity index (χ4n) is 2.02. The summed E-state index contributed by atoms with van der Waals surface area (Å²) in [5, 5.41) is 8.79. The summed E-state index contributed by atoms with van der Waals surface area (Å²) in [5.41, 5.74) is 2.81. The number of H-pyrrole nitrogens is 1. The molecule has 0 aliphatic rings. The van der Waals surface area contributed by atoms with Crippen LogP contribution >= 0.6 is 12.2 Å². The highest BCUT2D eigenvalue weighted by atomic mass is 32.1. The Morgan fingerprint density at radius 1 is 1.16 bits per heavy atom. The third-order valence-electron chi connectivity index (χ3n) is 2.90. The second-order valence-electron chi connectivity index (χ2n) is 4.09. The predicted molar refractivity (Wildman–Crippen MR) is 73.1 cm³/mol. The lowest BCUT2D eigenvalue weighted by Gasteiger charge is -2.04. The Labute approximate surface area is 113 Å². The largest absolute Gasteiger partial charge is 0.330 e. The molecule has 0 amide bonds. The number of aromatic amines is 1. The monoisotopic (exact) mass is 269 g/mol. The fraction of sp³-hybridized carbons (Fsp3) is 0. The first kappa shape index (κ1) is 11.6. The second kappa shape index (κ2) is 4.34. The number of nitrogens with one attached hydrogen (secondary N) is 1. The molecule has 3 aromatic rings. The number of fused-ring (bicyclic) bond motifs is 1. The molecule has 0 atom stereocenters. The molecule has 0 spiro atoms. The number of hydrogen-bond acceptors (Lipinski definition) is 2. The van der Waals surface area contributed by atoms with Gasteiger partial charge < -0.3 is 4.98 Å². The van der Waals surface area contributed by atoms with Crippen molar-refractivity contribution in [2.75, 3.05) is 0 Å². The SMILES string of the molecule is N#Cc1ccc(-n2c(=S)[nH]c3ccc(F)cc32)cc1. The molecule has 2 aromatic carbocycles. The van der Waals surface area contributed by atoms with Crippen LogP contribution in [0.1, 0.15) is 5.56 Å². The van der Waals surface area contributed by atoms with Gasteiger partial charge in [-0.1, -0.05) is 0 Å². The van der Waals surface area contributed by atoms with Crippen LogP contribution in [-0.4, -0.2) is 9.55 Å². The van der Waals surface area contributed by atoms with Crippen molar-refractivity contribution in [3.8, 4) is 11.8 Å². The normalized spacial score (nSPS) is 10.5. The maximum Gasteiger partial charge on any atom is 0.182 e. The number of aromatic nitrogens is 2. The van der Waals surface area contributed by atoms with Crippen LogP contribution in [0, 0.1) is 21.9 Å². The minimum absolute atomic E-state index is 0.316. The second-order valence-corrected chi connectivity index (χ2v) is 4.47. The van der Waals surface area contributed by atoms with Gasteiger partial charge in [0.2, 0.25) is 0 Å². The summed E-state index contributed by atoms with van der Waals surface area (Å²) < 4.78 is 15.6. The summed E-state index contributed by atoms with van der Waals surface area (Å²) in [6.45, 7) is 0. The molecule has 92 valence electrons. The van der Waals surface area contributed by atoms with E-state index in [4.69, 9.17) is 17.5 Å². The predicted octanol–water partition coefficient (Wildman–Crippen LogP) is 3.70. The van der Waals surface area contributed by atoms with E-state index in [1.807, 2.05) is 0 Å². The fourth-order valence-corrected chi connectivity index (χ4v) is 2.33. The van der Waals surface area contributed by atoms with E-state index in [1.165, 1.54) is 12.1 Å². The number of benzene rings is 2. The first-order chi connectivity index (χ1) is 9.19. The lowest BCUT2D eigenvalue weighted by atomic mass is 10.2. The van der Waals surface area contributed by atoms with E-state index in [1.54, 1.807) is 34.9 Å². The lowest BCUT2D eigenvalue weighted by Crippen LogP contribution is -1.94. The van der Waals surface area contributed by atoms with Crippen LogP contribution < -0.4 is 0 Å². The van der Waals surface area contributed by atoms with Crippen LogP contribution in [0.25, 0.3) is 16.7 Å². The van der Waals surface area contributed by atoms with Gasteiger partial charge >= 0.3 is 0 Å². The Balaban J connectivity index is 2.29. The third-order valence-corrected chi connectivity index (χ3v) is 3.18. The van der Waals surface area contributed by atoms with Crippen molar-refractivity contribution in [3.05, 3.63) is 58.6 Å². The topological polar surface area (TPSA) is 44.5 Å². The highest BCUT2D eigenvalue weighted by molar-refractivity contribution is 7.71. The van der Waals surface area contributed by atoms with Crippen LogP contribution in [0.4, 0.5) is 4.39 Å². The number of imidazole rings is 1. The van der Waals surface area contributed by atoms with Crippen LogP contribution in [0.3, 0.4) is 0 Å². The average Bonchev–Trinajstić information content (AvgIpc) is 2.74. The smallest absolute Gasteiger partial charge is 0.182 e. The minimum atomic E-state index is -0.316. The van der Waals surface area contributed by atoms with Crippen molar-refractivity contribution in [2.24, 2.45) is 0 Å². The molecule has 0 aliphatic heterocycles. The molecule has 1 N–H and O–H groups in total. The van der Waals surface area contributed by atoms with Crippen LogP contribution in [0.5, 0.6) is 0 Å². The molecule has 19 heavy (non-hydrogen) atoms. The lowest BCUT2D eigenvalue weighted by molar-refractivity contribution is 0.629. The van der Waals surface area contributed by atoms with E-state index >= 15 is 0 Å². The van der Waals surface area contributed by atoms with Crippen molar-refractivity contribution in [1.82, 2.24) is 9.55 Å². The van der Waals surface area contributed by atoms with Crippen LogP contribution in [0.15, 0.2) is 42.5 Å². The van der Waals surface area contributed by atoms with Crippen molar-refractivity contribution < 1.29 is 4.39 Å². The van der Waals surface area contributed by atoms with Gasteiger partial charge in [-0.3, -0.25) is 4.57 Å². The van der Waals surface area contributed by atoms with Crippen molar-refractivity contribution in [1.29, 1.82) is 5.26 Å². The van der Waals surface area contributed by atoms with E-state index in [9.17, 15) is 4.39 Å². The molecule has 0 saturated carbocycles. The molecule has 0 fully saturated rings. The van der Waals surface area contributed by atoms with Gasteiger partial charge in [-0.05, 0) is 48.6 Å². The molecule has 0 radical (unpaired) electrons. The molecule has 1 heterocycles. The minimum Gasteiger partial charge on any atom is -0.330 e. The van der Waals surface area contributed by atoms with Gasteiger partial charge in [0.15, 0.2) is 4.77 Å². The number of halogens is 1. The maximum atomic E-state index is 13.4.